The van der Waals surface area contributed by atoms with Gasteiger partial charge in [0.25, 0.3) is 5.91 Å². The van der Waals surface area contributed by atoms with Crippen molar-refractivity contribution in [2.24, 2.45) is 0 Å². The van der Waals surface area contributed by atoms with Crippen LogP contribution in [0.2, 0.25) is 5.02 Å². The molecule has 0 saturated carbocycles. The first-order chi connectivity index (χ1) is 9.93. The minimum atomic E-state index is -1.21. The van der Waals surface area contributed by atoms with Crippen LogP contribution in [0.25, 0.3) is 0 Å². The molecule has 2 amide bonds. The summed E-state index contributed by atoms with van der Waals surface area (Å²) in [6.45, 7) is -0.511. The summed E-state index contributed by atoms with van der Waals surface area (Å²) in [5.74, 6) is -2.35. The lowest BCUT2D eigenvalue weighted by Gasteiger charge is -2.32. The maximum atomic E-state index is 12.4. The number of carboxylic acids is 1. The summed E-state index contributed by atoms with van der Waals surface area (Å²) >= 11 is 7.12. The highest BCUT2D eigenvalue weighted by Gasteiger charge is 2.37. The van der Waals surface area contributed by atoms with E-state index in [1.807, 2.05) is 0 Å². The summed E-state index contributed by atoms with van der Waals surface area (Å²) in [6, 6.07) is -1.15. The number of halogens is 1. The van der Waals surface area contributed by atoms with E-state index in [9.17, 15) is 14.4 Å². The van der Waals surface area contributed by atoms with Gasteiger partial charge in [-0.05, 0) is 6.26 Å². The molecular formula is C11H11ClN4O4S. The van der Waals surface area contributed by atoms with Crippen LogP contribution in [0.15, 0.2) is 11.4 Å². The molecule has 1 aliphatic heterocycles. The molecule has 2 heterocycles. The SMILES string of the molecule is CSc1ncc(Cl)c(C(=O)N2CC(=O)NCC2C(=O)O)n1. The van der Waals surface area contributed by atoms with Crippen molar-refractivity contribution < 1.29 is 19.5 Å². The fraction of sp³-hybridized carbons (Fsp3) is 0.364. The highest BCUT2D eigenvalue weighted by atomic mass is 35.5. The molecule has 1 aromatic heterocycles. The zero-order valence-electron chi connectivity index (χ0n) is 10.9. The second-order valence-electron chi connectivity index (χ2n) is 4.14. The van der Waals surface area contributed by atoms with Gasteiger partial charge in [-0.3, -0.25) is 9.59 Å². The van der Waals surface area contributed by atoms with Gasteiger partial charge in [0, 0.05) is 6.54 Å². The number of carbonyl (C=O) groups is 3. The molecule has 2 rings (SSSR count). The molecular weight excluding hydrogens is 320 g/mol. The van der Waals surface area contributed by atoms with E-state index in [-0.39, 0.29) is 23.8 Å². The van der Waals surface area contributed by atoms with E-state index in [0.717, 1.165) is 4.90 Å². The first-order valence-corrected chi connectivity index (χ1v) is 7.41. The minimum Gasteiger partial charge on any atom is -0.480 e. The van der Waals surface area contributed by atoms with Gasteiger partial charge in [-0.15, -0.1) is 0 Å². The van der Waals surface area contributed by atoms with E-state index in [1.165, 1.54) is 18.0 Å². The Labute approximate surface area is 128 Å². The number of nitrogens with one attached hydrogen (secondary N) is 1. The zero-order valence-corrected chi connectivity index (χ0v) is 12.4. The molecule has 10 heteroatoms. The second-order valence-corrected chi connectivity index (χ2v) is 5.33. The topological polar surface area (TPSA) is 112 Å². The number of rotatable bonds is 3. The van der Waals surface area contributed by atoms with E-state index in [0.29, 0.717) is 5.16 Å². The van der Waals surface area contributed by atoms with Crippen molar-refractivity contribution >= 4 is 41.1 Å². The molecule has 1 unspecified atom stereocenters. The summed E-state index contributed by atoms with van der Waals surface area (Å²) in [6.07, 6.45) is 3.00. The van der Waals surface area contributed by atoms with Crippen molar-refractivity contribution in [3.05, 3.63) is 16.9 Å². The number of carbonyl (C=O) groups excluding carboxylic acids is 2. The van der Waals surface area contributed by atoms with Gasteiger partial charge in [-0.2, -0.15) is 0 Å². The Hall–Kier alpha value is -1.87. The van der Waals surface area contributed by atoms with E-state index in [2.05, 4.69) is 15.3 Å². The van der Waals surface area contributed by atoms with Crippen LogP contribution >= 0.6 is 23.4 Å². The molecule has 1 saturated heterocycles. The second kappa shape index (κ2) is 6.27. The van der Waals surface area contributed by atoms with Gasteiger partial charge in [0.2, 0.25) is 5.91 Å². The summed E-state index contributed by atoms with van der Waals surface area (Å²) in [7, 11) is 0. The molecule has 0 aliphatic carbocycles. The van der Waals surface area contributed by atoms with Crippen LogP contribution < -0.4 is 5.32 Å². The number of carboxylic acid groups (broad SMARTS) is 1. The van der Waals surface area contributed by atoms with Crippen molar-refractivity contribution in [3.8, 4) is 0 Å². The van der Waals surface area contributed by atoms with Gasteiger partial charge < -0.3 is 15.3 Å². The van der Waals surface area contributed by atoms with Crippen molar-refractivity contribution in [1.82, 2.24) is 20.2 Å². The zero-order chi connectivity index (χ0) is 15.6. The van der Waals surface area contributed by atoms with Crippen molar-refractivity contribution in [1.29, 1.82) is 0 Å². The van der Waals surface area contributed by atoms with Gasteiger partial charge >= 0.3 is 5.97 Å². The molecule has 2 N–H and O–H groups in total. The van der Waals surface area contributed by atoms with Crippen LogP contribution in [0, 0.1) is 0 Å². The first kappa shape index (κ1) is 15.5. The number of hydrogen-bond donors (Lipinski definition) is 2. The quantitative estimate of drug-likeness (QED) is 0.586. The Morgan fingerprint density at radius 3 is 2.90 bits per heavy atom. The molecule has 1 fully saturated rings. The predicted molar refractivity (Wildman–Crippen MR) is 74.3 cm³/mol. The number of aliphatic carboxylic acids is 1. The largest absolute Gasteiger partial charge is 0.480 e. The highest BCUT2D eigenvalue weighted by molar-refractivity contribution is 7.98. The lowest BCUT2D eigenvalue weighted by atomic mass is 10.1. The Bertz CT molecular complexity index is 612. The maximum absolute atomic E-state index is 12.4. The minimum absolute atomic E-state index is 0.00733. The summed E-state index contributed by atoms with van der Waals surface area (Å²) in [5, 5.41) is 11.9. The number of piperazine rings is 1. The molecule has 0 bridgehead atoms. The average Bonchev–Trinajstić information content (AvgIpc) is 2.46. The van der Waals surface area contributed by atoms with Gasteiger partial charge in [-0.1, -0.05) is 23.4 Å². The highest BCUT2D eigenvalue weighted by Crippen LogP contribution is 2.20. The van der Waals surface area contributed by atoms with Crippen molar-refractivity contribution in [2.45, 2.75) is 11.2 Å². The lowest BCUT2D eigenvalue weighted by Crippen LogP contribution is -2.59. The van der Waals surface area contributed by atoms with E-state index < -0.39 is 23.8 Å². The first-order valence-electron chi connectivity index (χ1n) is 5.81. The van der Waals surface area contributed by atoms with Crippen LogP contribution in [-0.4, -0.2) is 63.1 Å². The molecule has 0 spiro atoms. The Kier molecular flexibility index (Phi) is 4.63. The van der Waals surface area contributed by atoms with Gasteiger partial charge in [-0.25, -0.2) is 14.8 Å². The molecule has 1 atom stereocenters. The average molecular weight is 331 g/mol. The molecule has 0 radical (unpaired) electrons. The molecule has 21 heavy (non-hydrogen) atoms. The van der Waals surface area contributed by atoms with Gasteiger partial charge in [0.1, 0.15) is 12.6 Å². The number of aromatic nitrogens is 2. The fourth-order valence-electron chi connectivity index (χ4n) is 1.81. The molecule has 1 aromatic rings. The number of nitrogens with zero attached hydrogens (tertiary/aromatic N) is 3. The lowest BCUT2D eigenvalue weighted by molar-refractivity contribution is -0.144. The van der Waals surface area contributed by atoms with E-state index in [4.69, 9.17) is 16.7 Å². The molecule has 112 valence electrons. The van der Waals surface area contributed by atoms with Crippen LogP contribution in [0.1, 0.15) is 10.5 Å². The Morgan fingerprint density at radius 1 is 1.57 bits per heavy atom. The van der Waals surface area contributed by atoms with Gasteiger partial charge in [0.05, 0.1) is 11.2 Å². The normalized spacial score (nSPS) is 18.3. The summed E-state index contributed by atoms with van der Waals surface area (Å²) < 4.78 is 0. The van der Waals surface area contributed by atoms with E-state index >= 15 is 0 Å². The number of amides is 2. The van der Waals surface area contributed by atoms with Crippen LogP contribution in [0.3, 0.4) is 0 Å². The fourth-order valence-corrected chi connectivity index (χ4v) is 2.32. The van der Waals surface area contributed by atoms with Crippen LogP contribution in [-0.2, 0) is 9.59 Å². The van der Waals surface area contributed by atoms with E-state index in [1.54, 1.807) is 6.26 Å². The predicted octanol–water partition coefficient (Wildman–Crippen LogP) is -0.123. The van der Waals surface area contributed by atoms with Crippen LogP contribution in [0.4, 0.5) is 0 Å². The number of thioether (sulfide) groups is 1. The standard InChI is InChI=1S/C11H11ClN4O4S/c1-21-11-14-2-5(12)8(15-11)9(18)16-4-7(17)13-3-6(16)10(19)20/h2,6H,3-4H2,1H3,(H,13,17)(H,19,20). The third-order valence-electron chi connectivity index (χ3n) is 2.84. The van der Waals surface area contributed by atoms with Crippen LogP contribution in [0.5, 0.6) is 0 Å². The molecule has 8 nitrogen and oxygen atoms in total. The van der Waals surface area contributed by atoms with Crippen molar-refractivity contribution in [2.75, 3.05) is 19.3 Å². The number of hydrogen-bond acceptors (Lipinski definition) is 6. The maximum Gasteiger partial charge on any atom is 0.328 e. The molecule has 0 aromatic carbocycles. The monoisotopic (exact) mass is 330 g/mol. The van der Waals surface area contributed by atoms with Crippen molar-refractivity contribution in [3.63, 3.8) is 0 Å². The Balaban J connectivity index is 2.36. The molecule has 1 aliphatic rings. The van der Waals surface area contributed by atoms with Gasteiger partial charge in [0.15, 0.2) is 10.9 Å². The Morgan fingerprint density at radius 2 is 2.29 bits per heavy atom. The third-order valence-corrected chi connectivity index (χ3v) is 3.67. The summed E-state index contributed by atoms with van der Waals surface area (Å²) in [5.41, 5.74) is -0.114. The smallest absolute Gasteiger partial charge is 0.328 e. The summed E-state index contributed by atoms with van der Waals surface area (Å²) in [4.78, 5) is 43.9. The third kappa shape index (κ3) is 3.24.